The molecule has 7 heteroatoms. The lowest BCUT2D eigenvalue weighted by Crippen LogP contribution is -2.36. The summed E-state index contributed by atoms with van der Waals surface area (Å²) in [6.07, 6.45) is 4.04. The van der Waals surface area contributed by atoms with Crippen molar-refractivity contribution in [3.8, 4) is 0 Å². The predicted octanol–water partition coefficient (Wildman–Crippen LogP) is 2.57. The molecule has 0 saturated heterocycles. The molecule has 2 N–H and O–H groups in total. The van der Waals surface area contributed by atoms with Gasteiger partial charge in [0.25, 0.3) is 0 Å². The molecular formula is C15H12F3NO3. The number of hydrogen-bond acceptors (Lipinski definition) is 2. The van der Waals surface area contributed by atoms with E-state index < -0.39 is 46.9 Å². The topological polar surface area (TPSA) is 66.4 Å². The highest BCUT2D eigenvalue weighted by atomic mass is 19.1. The Morgan fingerprint density at radius 1 is 1.05 bits per heavy atom. The van der Waals surface area contributed by atoms with Crippen LogP contribution in [-0.2, 0) is 9.59 Å². The molecular weight excluding hydrogens is 299 g/mol. The first-order valence-electron chi connectivity index (χ1n) is 6.75. The third kappa shape index (κ3) is 2.26. The summed E-state index contributed by atoms with van der Waals surface area (Å²) in [6.45, 7) is 0. The van der Waals surface area contributed by atoms with E-state index in [1.54, 1.807) is 12.2 Å². The first kappa shape index (κ1) is 14.6. The zero-order chi connectivity index (χ0) is 16.0. The number of rotatable bonds is 3. The highest BCUT2D eigenvalue weighted by Gasteiger charge is 2.51. The second-order valence-corrected chi connectivity index (χ2v) is 5.57. The Morgan fingerprint density at radius 3 is 2.14 bits per heavy atom. The van der Waals surface area contributed by atoms with Crippen molar-refractivity contribution in [2.24, 2.45) is 23.7 Å². The van der Waals surface area contributed by atoms with Gasteiger partial charge in [0.15, 0.2) is 11.6 Å². The second kappa shape index (κ2) is 5.15. The van der Waals surface area contributed by atoms with Gasteiger partial charge in [0.1, 0.15) is 11.5 Å². The van der Waals surface area contributed by atoms with E-state index in [9.17, 15) is 27.9 Å². The lowest BCUT2D eigenvalue weighted by Gasteiger charge is -2.24. The summed E-state index contributed by atoms with van der Waals surface area (Å²) in [4.78, 5) is 23.6. The lowest BCUT2D eigenvalue weighted by molar-refractivity contribution is -0.146. The predicted molar refractivity (Wildman–Crippen MR) is 70.3 cm³/mol. The molecule has 0 radical (unpaired) electrons. The first-order valence-corrected chi connectivity index (χ1v) is 6.75. The number of aliphatic carboxylic acids is 1. The Balaban J connectivity index is 1.86. The molecule has 1 fully saturated rings. The molecule has 2 aliphatic rings. The van der Waals surface area contributed by atoms with Gasteiger partial charge in [0.2, 0.25) is 5.91 Å². The lowest BCUT2D eigenvalue weighted by atomic mass is 9.82. The number of anilines is 1. The number of nitrogens with one attached hydrogen (secondary N) is 1. The Labute approximate surface area is 123 Å². The fourth-order valence-corrected chi connectivity index (χ4v) is 3.38. The summed E-state index contributed by atoms with van der Waals surface area (Å²) in [5.41, 5.74) is -0.762. The number of halogens is 3. The van der Waals surface area contributed by atoms with Crippen LogP contribution in [-0.4, -0.2) is 17.0 Å². The first-order chi connectivity index (χ1) is 10.4. The number of carboxylic acids is 1. The Morgan fingerprint density at radius 2 is 1.59 bits per heavy atom. The van der Waals surface area contributed by atoms with E-state index in [-0.39, 0.29) is 11.8 Å². The minimum Gasteiger partial charge on any atom is -0.481 e. The molecule has 2 aliphatic carbocycles. The number of carbonyl (C=O) groups is 2. The molecule has 4 unspecified atom stereocenters. The monoisotopic (exact) mass is 311 g/mol. The van der Waals surface area contributed by atoms with E-state index in [0.29, 0.717) is 18.6 Å². The normalized spacial score (nSPS) is 28.9. The number of amides is 1. The third-order valence-corrected chi connectivity index (χ3v) is 4.30. The second-order valence-electron chi connectivity index (χ2n) is 5.57. The van der Waals surface area contributed by atoms with E-state index in [1.807, 2.05) is 0 Å². The molecule has 0 heterocycles. The summed E-state index contributed by atoms with van der Waals surface area (Å²) in [5.74, 6) is -7.78. The number of hydrogen-bond donors (Lipinski definition) is 2. The number of carboxylic acid groups (broad SMARTS) is 1. The number of fused-ring (bicyclic) bond motifs is 2. The van der Waals surface area contributed by atoms with Crippen LogP contribution < -0.4 is 5.32 Å². The SMILES string of the molecule is O=C(O)C1C2C=CC(C2)C1C(=O)Nc1c(F)cc(F)cc1F. The van der Waals surface area contributed by atoms with Gasteiger partial charge in [-0.25, -0.2) is 13.2 Å². The Hall–Kier alpha value is -2.31. The van der Waals surface area contributed by atoms with E-state index in [2.05, 4.69) is 5.32 Å². The van der Waals surface area contributed by atoms with Crippen LogP contribution >= 0.6 is 0 Å². The fourth-order valence-electron chi connectivity index (χ4n) is 3.38. The molecule has 22 heavy (non-hydrogen) atoms. The Kier molecular flexibility index (Phi) is 3.42. The van der Waals surface area contributed by atoms with E-state index in [1.165, 1.54) is 0 Å². The maximum Gasteiger partial charge on any atom is 0.307 e. The molecule has 1 amide bonds. The molecule has 3 rings (SSSR count). The van der Waals surface area contributed by atoms with Gasteiger partial charge in [-0.3, -0.25) is 9.59 Å². The van der Waals surface area contributed by atoms with Gasteiger partial charge in [0.05, 0.1) is 11.8 Å². The van der Waals surface area contributed by atoms with Gasteiger partial charge in [-0.05, 0) is 18.3 Å². The zero-order valence-electron chi connectivity index (χ0n) is 11.2. The number of carbonyl (C=O) groups excluding carboxylic acids is 1. The third-order valence-electron chi connectivity index (χ3n) is 4.30. The van der Waals surface area contributed by atoms with Crippen molar-refractivity contribution in [1.82, 2.24) is 0 Å². The fraction of sp³-hybridized carbons (Fsp3) is 0.333. The van der Waals surface area contributed by atoms with Gasteiger partial charge in [-0.2, -0.15) is 0 Å². The van der Waals surface area contributed by atoms with Crippen molar-refractivity contribution in [3.05, 3.63) is 41.7 Å². The Bertz CT molecular complexity index is 666. The van der Waals surface area contributed by atoms with Crippen LogP contribution in [0, 0.1) is 41.1 Å². The van der Waals surface area contributed by atoms with E-state index in [0.717, 1.165) is 0 Å². The van der Waals surface area contributed by atoms with Crippen molar-refractivity contribution in [3.63, 3.8) is 0 Å². The molecule has 0 aliphatic heterocycles. The van der Waals surface area contributed by atoms with Gasteiger partial charge < -0.3 is 10.4 Å². The van der Waals surface area contributed by atoms with Crippen LogP contribution in [0.2, 0.25) is 0 Å². The van der Waals surface area contributed by atoms with Gasteiger partial charge in [-0.1, -0.05) is 12.2 Å². The highest BCUT2D eigenvalue weighted by Crippen LogP contribution is 2.48. The molecule has 4 nitrogen and oxygen atoms in total. The summed E-state index contributed by atoms with van der Waals surface area (Å²) >= 11 is 0. The van der Waals surface area contributed by atoms with Gasteiger partial charge >= 0.3 is 5.97 Å². The number of benzene rings is 1. The van der Waals surface area contributed by atoms with Crippen molar-refractivity contribution >= 4 is 17.6 Å². The van der Waals surface area contributed by atoms with Crippen molar-refractivity contribution in [2.45, 2.75) is 6.42 Å². The molecule has 0 spiro atoms. The highest BCUT2D eigenvalue weighted by molar-refractivity contribution is 5.96. The zero-order valence-corrected chi connectivity index (χ0v) is 11.2. The van der Waals surface area contributed by atoms with Crippen LogP contribution in [0.25, 0.3) is 0 Å². The average molecular weight is 311 g/mol. The van der Waals surface area contributed by atoms with Crippen LogP contribution in [0.3, 0.4) is 0 Å². The summed E-state index contributed by atoms with van der Waals surface area (Å²) < 4.78 is 40.0. The van der Waals surface area contributed by atoms with Crippen molar-refractivity contribution < 1.29 is 27.9 Å². The maximum absolute atomic E-state index is 13.6. The van der Waals surface area contributed by atoms with Crippen LogP contribution in [0.5, 0.6) is 0 Å². The van der Waals surface area contributed by atoms with E-state index in [4.69, 9.17) is 0 Å². The minimum atomic E-state index is -1.24. The summed E-state index contributed by atoms with van der Waals surface area (Å²) in [6, 6.07) is 0.905. The van der Waals surface area contributed by atoms with Crippen LogP contribution in [0.15, 0.2) is 24.3 Å². The van der Waals surface area contributed by atoms with Crippen LogP contribution in [0.1, 0.15) is 6.42 Å². The van der Waals surface area contributed by atoms with E-state index >= 15 is 0 Å². The maximum atomic E-state index is 13.6. The molecule has 1 saturated carbocycles. The molecule has 1 aromatic rings. The average Bonchev–Trinajstić information content (AvgIpc) is 3.02. The van der Waals surface area contributed by atoms with Crippen molar-refractivity contribution in [1.29, 1.82) is 0 Å². The molecule has 2 bridgehead atoms. The molecule has 4 atom stereocenters. The standard InChI is InChI=1S/C15H12F3NO3/c16-8-4-9(17)13(10(18)5-8)19-14(20)11-6-1-2-7(3-6)12(11)15(21)22/h1-2,4-7,11-12H,3H2,(H,19,20)(H,21,22). The minimum absolute atomic E-state index is 0.249. The van der Waals surface area contributed by atoms with Gasteiger partial charge in [0, 0.05) is 12.1 Å². The number of allylic oxidation sites excluding steroid dienone is 2. The smallest absolute Gasteiger partial charge is 0.307 e. The van der Waals surface area contributed by atoms with Crippen molar-refractivity contribution in [2.75, 3.05) is 5.32 Å². The summed E-state index contributed by atoms with van der Waals surface area (Å²) in [7, 11) is 0. The molecule has 1 aromatic carbocycles. The largest absolute Gasteiger partial charge is 0.481 e. The summed E-state index contributed by atoms with van der Waals surface area (Å²) in [5, 5.41) is 11.3. The quantitative estimate of drug-likeness (QED) is 0.843. The molecule has 0 aromatic heterocycles. The molecule has 116 valence electrons. The van der Waals surface area contributed by atoms with Crippen LogP contribution in [0.4, 0.5) is 18.9 Å². The van der Waals surface area contributed by atoms with Gasteiger partial charge in [-0.15, -0.1) is 0 Å².